The first-order valence-corrected chi connectivity index (χ1v) is 8.25. The van der Waals surface area contributed by atoms with Crippen LogP contribution in [0.3, 0.4) is 0 Å². The number of para-hydroxylation sites is 1. The summed E-state index contributed by atoms with van der Waals surface area (Å²) >= 11 is 0. The maximum atomic E-state index is 12.7. The maximum Gasteiger partial charge on any atom is 0.345 e. The Labute approximate surface area is 151 Å². The molecule has 2 amide bonds. The van der Waals surface area contributed by atoms with E-state index in [4.69, 9.17) is 0 Å². The van der Waals surface area contributed by atoms with Crippen molar-refractivity contribution >= 4 is 17.9 Å². The minimum atomic E-state index is -0.533. The molecule has 2 aromatic carbocycles. The van der Waals surface area contributed by atoms with Gasteiger partial charge in [-0.2, -0.15) is 0 Å². The number of rotatable bonds is 3. The third-order valence-electron chi connectivity index (χ3n) is 4.20. The predicted octanol–water partition coefficient (Wildman–Crippen LogP) is 3.74. The van der Waals surface area contributed by atoms with E-state index in [-0.39, 0.29) is 5.56 Å². The van der Waals surface area contributed by atoms with Crippen LogP contribution in [0.1, 0.15) is 22.4 Å². The molecule has 1 aromatic heterocycles. The van der Waals surface area contributed by atoms with E-state index in [1.807, 2.05) is 50.2 Å². The Bertz CT molecular complexity index is 1030. The van der Waals surface area contributed by atoms with Crippen molar-refractivity contribution in [2.24, 2.45) is 4.99 Å². The maximum absolute atomic E-state index is 12.7. The highest BCUT2D eigenvalue weighted by Crippen LogP contribution is 2.13. The smallest absolute Gasteiger partial charge is 0.306 e. The van der Waals surface area contributed by atoms with Gasteiger partial charge in [0.05, 0.1) is 11.3 Å². The molecular formula is C20H20N4O2. The number of H-pyrrole nitrogens is 1. The van der Waals surface area contributed by atoms with Gasteiger partial charge < -0.3 is 5.32 Å². The van der Waals surface area contributed by atoms with Crippen LogP contribution in [0.25, 0.3) is 5.69 Å². The molecule has 2 N–H and O–H groups in total. The number of anilines is 1. The number of benzene rings is 2. The first kappa shape index (κ1) is 17.4. The van der Waals surface area contributed by atoms with E-state index in [1.165, 1.54) is 10.9 Å². The van der Waals surface area contributed by atoms with Crippen molar-refractivity contribution < 1.29 is 4.79 Å². The van der Waals surface area contributed by atoms with Gasteiger partial charge in [-0.25, -0.2) is 14.5 Å². The molecule has 0 atom stereocenters. The van der Waals surface area contributed by atoms with E-state index >= 15 is 0 Å². The highest BCUT2D eigenvalue weighted by molar-refractivity contribution is 5.98. The first-order chi connectivity index (χ1) is 12.5. The average Bonchev–Trinajstić information content (AvgIpc) is 2.90. The Morgan fingerprint density at radius 3 is 2.50 bits per heavy atom. The largest absolute Gasteiger partial charge is 0.345 e. The zero-order valence-corrected chi connectivity index (χ0v) is 14.9. The highest BCUT2D eigenvalue weighted by atomic mass is 16.2. The van der Waals surface area contributed by atoms with Crippen molar-refractivity contribution in [3.05, 3.63) is 81.3 Å². The van der Waals surface area contributed by atoms with Crippen LogP contribution in [-0.2, 0) is 0 Å². The van der Waals surface area contributed by atoms with Crippen LogP contribution in [0.4, 0.5) is 10.5 Å². The molecule has 0 saturated carbocycles. The lowest BCUT2D eigenvalue weighted by atomic mass is 10.1. The van der Waals surface area contributed by atoms with Crippen LogP contribution in [0, 0.1) is 20.8 Å². The summed E-state index contributed by atoms with van der Waals surface area (Å²) in [6, 6.07) is 14.3. The molecule has 0 aliphatic carbocycles. The summed E-state index contributed by atoms with van der Waals surface area (Å²) in [5.74, 6) is 0. The molecule has 0 aliphatic rings. The standard InChI is InChI=1S/C20H20N4O2/c1-13-9-10-17(11-14(13)2)24-19(25)18(15(3)23-24)12-21-20(26)22-16-7-5-4-6-8-16/h4-12,23H,1-3H3,(H,22,26)/b21-12+. The lowest BCUT2D eigenvalue weighted by Gasteiger charge is -2.05. The normalized spacial score (nSPS) is 11.0. The van der Waals surface area contributed by atoms with Gasteiger partial charge in [-0.15, -0.1) is 0 Å². The number of amides is 2. The number of nitrogens with zero attached hydrogens (tertiary/aromatic N) is 2. The summed E-state index contributed by atoms with van der Waals surface area (Å²) in [5, 5.41) is 5.68. The Morgan fingerprint density at radius 2 is 1.81 bits per heavy atom. The van der Waals surface area contributed by atoms with E-state index < -0.39 is 6.03 Å². The van der Waals surface area contributed by atoms with Gasteiger partial charge in [-0.3, -0.25) is 9.89 Å². The number of hydrogen-bond acceptors (Lipinski definition) is 2. The molecule has 132 valence electrons. The topological polar surface area (TPSA) is 79.2 Å². The quantitative estimate of drug-likeness (QED) is 0.707. The first-order valence-electron chi connectivity index (χ1n) is 8.25. The Morgan fingerprint density at radius 1 is 1.08 bits per heavy atom. The number of aryl methyl sites for hydroxylation is 3. The van der Waals surface area contributed by atoms with Crippen molar-refractivity contribution in [1.82, 2.24) is 9.78 Å². The molecule has 0 unspecified atom stereocenters. The Hall–Kier alpha value is -3.41. The number of urea groups is 1. The molecule has 1 heterocycles. The summed E-state index contributed by atoms with van der Waals surface area (Å²) in [6.45, 7) is 5.79. The molecule has 6 nitrogen and oxygen atoms in total. The molecule has 3 aromatic rings. The van der Waals surface area contributed by atoms with Gasteiger partial charge in [-0.05, 0) is 56.2 Å². The fraction of sp³-hybridized carbons (Fsp3) is 0.150. The molecule has 3 rings (SSSR count). The number of aliphatic imine (C=N–C) groups is 1. The van der Waals surface area contributed by atoms with E-state index in [1.54, 1.807) is 19.1 Å². The summed E-state index contributed by atoms with van der Waals surface area (Å²) in [4.78, 5) is 28.4. The third-order valence-corrected chi connectivity index (χ3v) is 4.20. The van der Waals surface area contributed by atoms with Gasteiger partial charge in [0.15, 0.2) is 0 Å². The summed E-state index contributed by atoms with van der Waals surface area (Å²) in [5.41, 5.74) is 4.39. The lowest BCUT2D eigenvalue weighted by Crippen LogP contribution is -2.18. The van der Waals surface area contributed by atoms with Gasteiger partial charge in [-0.1, -0.05) is 24.3 Å². The van der Waals surface area contributed by atoms with E-state index in [2.05, 4.69) is 15.4 Å². The van der Waals surface area contributed by atoms with Crippen LogP contribution in [0.5, 0.6) is 0 Å². The van der Waals surface area contributed by atoms with Crippen LogP contribution in [0.15, 0.2) is 58.3 Å². The number of aromatic amines is 1. The minimum Gasteiger partial charge on any atom is -0.306 e. The zero-order chi connectivity index (χ0) is 18.7. The Kier molecular flexibility index (Phi) is 4.84. The fourth-order valence-corrected chi connectivity index (χ4v) is 2.56. The van der Waals surface area contributed by atoms with Crippen molar-refractivity contribution in [3.8, 4) is 5.69 Å². The van der Waals surface area contributed by atoms with Crippen LogP contribution >= 0.6 is 0 Å². The second-order valence-corrected chi connectivity index (χ2v) is 6.11. The number of nitrogens with one attached hydrogen (secondary N) is 2. The molecule has 0 aliphatic heterocycles. The monoisotopic (exact) mass is 348 g/mol. The van der Waals surface area contributed by atoms with E-state index in [9.17, 15) is 9.59 Å². The molecule has 0 fully saturated rings. The van der Waals surface area contributed by atoms with Gasteiger partial charge >= 0.3 is 6.03 Å². The third kappa shape index (κ3) is 3.64. The minimum absolute atomic E-state index is 0.248. The molecule has 26 heavy (non-hydrogen) atoms. The van der Waals surface area contributed by atoms with Crippen molar-refractivity contribution in [2.45, 2.75) is 20.8 Å². The second kappa shape index (κ2) is 7.23. The number of aromatic nitrogens is 2. The van der Waals surface area contributed by atoms with Crippen LogP contribution in [0.2, 0.25) is 0 Å². The Balaban J connectivity index is 1.85. The molecule has 0 radical (unpaired) electrons. The van der Waals surface area contributed by atoms with Gasteiger partial charge in [0.25, 0.3) is 5.56 Å². The van der Waals surface area contributed by atoms with E-state index in [0.29, 0.717) is 16.9 Å². The van der Waals surface area contributed by atoms with Gasteiger partial charge in [0.2, 0.25) is 0 Å². The van der Waals surface area contributed by atoms with E-state index in [0.717, 1.165) is 16.8 Å². The van der Waals surface area contributed by atoms with Crippen LogP contribution in [-0.4, -0.2) is 22.0 Å². The summed E-state index contributed by atoms with van der Waals surface area (Å²) in [6.07, 6.45) is 1.30. The van der Waals surface area contributed by atoms with Crippen molar-refractivity contribution in [1.29, 1.82) is 0 Å². The van der Waals surface area contributed by atoms with Gasteiger partial charge in [0, 0.05) is 17.6 Å². The van der Waals surface area contributed by atoms with Crippen LogP contribution < -0.4 is 10.9 Å². The second-order valence-electron chi connectivity index (χ2n) is 6.11. The summed E-state index contributed by atoms with van der Waals surface area (Å²) in [7, 11) is 0. The molecular weight excluding hydrogens is 328 g/mol. The van der Waals surface area contributed by atoms with Gasteiger partial charge in [0.1, 0.15) is 0 Å². The average molecular weight is 348 g/mol. The summed E-state index contributed by atoms with van der Waals surface area (Å²) < 4.78 is 1.46. The molecule has 0 saturated heterocycles. The highest BCUT2D eigenvalue weighted by Gasteiger charge is 2.11. The van der Waals surface area contributed by atoms with Crippen molar-refractivity contribution in [3.63, 3.8) is 0 Å². The lowest BCUT2D eigenvalue weighted by molar-refractivity contribution is 0.259. The molecule has 6 heteroatoms. The zero-order valence-electron chi connectivity index (χ0n) is 14.9. The number of carbonyl (C=O) groups is 1. The molecule has 0 spiro atoms. The fourth-order valence-electron chi connectivity index (χ4n) is 2.56. The number of carbonyl (C=O) groups excluding carboxylic acids is 1. The SMILES string of the molecule is Cc1ccc(-n2[nH]c(C)c(/C=N/C(=O)Nc3ccccc3)c2=O)cc1C. The molecule has 0 bridgehead atoms. The predicted molar refractivity (Wildman–Crippen MR) is 104 cm³/mol. The van der Waals surface area contributed by atoms with Crippen molar-refractivity contribution in [2.75, 3.05) is 5.32 Å². The number of hydrogen-bond donors (Lipinski definition) is 2.